The zero-order chi connectivity index (χ0) is 10.7. The predicted molar refractivity (Wildman–Crippen MR) is 55.1 cm³/mol. The molecule has 0 bridgehead atoms. The Morgan fingerprint density at radius 2 is 2.29 bits per heavy atom. The molecule has 5 heteroatoms. The van der Waals surface area contributed by atoms with E-state index in [4.69, 9.17) is 5.84 Å². The SMILES string of the molecule is CNC1=C(C)C(C(=O)NN)N(C)CC1. The second kappa shape index (κ2) is 4.43. The van der Waals surface area contributed by atoms with Crippen molar-refractivity contribution >= 4 is 5.91 Å². The van der Waals surface area contributed by atoms with Gasteiger partial charge in [-0.3, -0.25) is 15.1 Å². The maximum Gasteiger partial charge on any atom is 0.255 e. The highest BCUT2D eigenvalue weighted by Crippen LogP contribution is 2.20. The number of hydrogen-bond acceptors (Lipinski definition) is 4. The molecule has 0 aromatic carbocycles. The Hall–Kier alpha value is -1.07. The molecule has 0 fully saturated rings. The zero-order valence-corrected chi connectivity index (χ0v) is 8.92. The van der Waals surface area contributed by atoms with Crippen LogP contribution >= 0.6 is 0 Å². The average Bonchev–Trinajstić information content (AvgIpc) is 2.18. The van der Waals surface area contributed by atoms with Crippen molar-refractivity contribution in [2.75, 3.05) is 20.6 Å². The number of amides is 1. The molecule has 1 amide bonds. The molecule has 1 atom stereocenters. The maximum absolute atomic E-state index is 11.5. The van der Waals surface area contributed by atoms with Crippen molar-refractivity contribution in [3.63, 3.8) is 0 Å². The minimum atomic E-state index is -0.240. The van der Waals surface area contributed by atoms with Crippen LogP contribution in [0.4, 0.5) is 0 Å². The van der Waals surface area contributed by atoms with E-state index in [1.807, 2.05) is 25.9 Å². The van der Waals surface area contributed by atoms with E-state index in [9.17, 15) is 4.79 Å². The van der Waals surface area contributed by atoms with E-state index in [0.29, 0.717) is 0 Å². The molecule has 0 aliphatic carbocycles. The molecule has 80 valence electrons. The minimum Gasteiger partial charge on any atom is -0.391 e. The summed E-state index contributed by atoms with van der Waals surface area (Å²) in [5, 5.41) is 3.12. The number of rotatable bonds is 2. The Balaban J connectivity index is 2.94. The smallest absolute Gasteiger partial charge is 0.255 e. The molecule has 1 aliphatic rings. The molecule has 0 radical (unpaired) electrons. The molecule has 1 heterocycles. The largest absolute Gasteiger partial charge is 0.391 e. The van der Waals surface area contributed by atoms with Crippen LogP contribution in [0.1, 0.15) is 13.3 Å². The summed E-state index contributed by atoms with van der Waals surface area (Å²) in [6, 6.07) is -0.240. The van der Waals surface area contributed by atoms with Gasteiger partial charge in [0.05, 0.1) is 0 Å². The van der Waals surface area contributed by atoms with Crippen LogP contribution in [0.25, 0.3) is 0 Å². The highest BCUT2D eigenvalue weighted by Gasteiger charge is 2.29. The third-order valence-corrected chi connectivity index (χ3v) is 2.73. The Morgan fingerprint density at radius 1 is 1.64 bits per heavy atom. The molecule has 14 heavy (non-hydrogen) atoms. The Bertz CT molecular complexity index is 262. The molecular formula is C9H18N4O. The number of carbonyl (C=O) groups excluding carboxylic acids is 1. The van der Waals surface area contributed by atoms with E-state index in [0.717, 1.165) is 24.2 Å². The third kappa shape index (κ3) is 1.88. The van der Waals surface area contributed by atoms with Crippen molar-refractivity contribution in [3.05, 3.63) is 11.3 Å². The fourth-order valence-electron chi connectivity index (χ4n) is 1.91. The lowest BCUT2D eigenvalue weighted by Crippen LogP contribution is -2.51. The number of hydrogen-bond donors (Lipinski definition) is 3. The van der Waals surface area contributed by atoms with Crippen molar-refractivity contribution in [1.82, 2.24) is 15.6 Å². The second-order valence-electron chi connectivity index (χ2n) is 3.55. The van der Waals surface area contributed by atoms with Gasteiger partial charge in [-0.05, 0) is 26.0 Å². The number of nitrogens with zero attached hydrogens (tertiary/aromatic N) is 1. The molecule has 5 nitrogen and oxygen atoms in total. The monoisotopic (exact) mass is 198 g/mol. The normalized spacial score (nSPS) is 23.6. The molecule has 4 N–H and O–H groups in total. The lowest BCUT2D eigenvalue weighted by atomic mass is 9.98. The van der Waals surface area contributed by atoms with Crippen LogP contribution in [0.3, 0.4) is 0 Å². The van der Waals surface area contributed by atoms with Crippen molar-refractivity contribution in [3.8, 4) is 0 Å². The number of nitrogens with one attached hydrogen (secondary N) is 2. The van der Waals surface area contributed by atoms with Crippen LogP contribution in [0, 0.1) is 0 Å². The third-order valence-electron chi connectivity index (χ3n) is 2.73. The first-order chi connectivity index (χ1) is 6.61. The number of hydrazine groups is 1. The van der Waals surface area contributed by atoms with E-state index >= 15 is 0 Å². The number of nitrogens with two attached hydrogens (primary N) is 1. The van der Waals surface area contributed by atoms with Gasteiger partial charge in [0.2, 0.25) is 0 Å². The van der Waals surface area contributed by atoms with Gasteiger partial charge >= 0.3 is 0 Å². The zero-order valence-electron chi connectivity index (χ0n) is 8.92. The summed E-state index contributed by atoms with van der Waals surface area (Å²) in [7, 11) is 3.80. The predicted octanol–water partition coefficient (Wildman–Crippen LogP) is -0.826. The van der Waals surface area contributed by atoms with Crippen molar-refractivity contribution in [2.45, 2.75) is 19.4 Å². The molecule has 1 unspecified atom stereocenters. The number of likely N-dealkylation sites (N-methyl/N-ethyl adjacent to an activating group) is 1. The topological polar surface area (TPSA) is 70.4 Å². The second-order valence-corrected chi connectivity index (χ2v) is 3.55. The van der Waals surface area contributed by atoms with Gasteiger partial charge in [0.1, 0.15) is 6.04 Å². The standard InChI is InChI=1S/C9H18N4O/c1-6-7(11-2)4-5-13(3)8(6)9(14)12-10/h8,11H,4-5,10H2,1-3H3,(H,12,14). The fourth-order valence-corrected chi connectivity index (χ4v) is 1.91. The van der Waals surface area contributed by atoms with Crippen LogP contribution in [0.5, 0.6) is 0 Å². The summed E-state index contributed by atoms with van der Waals surface area (Å²) in [5.41, 5.74) is 4.38. The van der Waals surface area contributed by atoms with Gasteiger partial charge in [-0.2, -0.15) is 0 Å². The van der Waals surface area contributed by atoms with Crippen LogP contribution < -0.4 is 16.6 Å². The van der Waals surface area contributed by atoms with Gasteiger partial charge in [0.25, 0.3) is 5.91 Å². The quantitative estimate of drug-likeness (QED) is 0.308. The molecule has 0 aromatic heterocycles. The van der Waals surface area contributed by atoms with Crippen molar-refractivity contribution < 1.29 is 4.79 Å². The minimum absolute atomic E-state index is 0.155. The van der Waals surface area contributed by atoms with Gasteiger partial charge < -0.3 is 5.32 Å². The highest BCUT2D eigenvalue weighted by molar-refractivity contribution is 5.84. The first kappa shape index (κ1) is 11.0. The van der Waals surface area contributed by atoms with E-state index < -0.39 is 0 Å². The van der Waals surface area contributed by atoms with E-state index in [2.05, 4.69) is 10.7 Å². The summed E-state index contributed by atoms with van der Waals surface area (Å²) >= 11 is 0. The van der Waals surface area contributed by atoms with Crippen molar-refractivity contribution in [1.29, 1.82) is 0 Å². The van der Waals surface area contributed by atoms with Gasteiger partial charge in [-0.25, -0.2) is 5.84 Å². The highest BCUT2D eigenvalue weighted by atomic mass is 16.2. The lowest BCUT2D eigenvalue weighted by Gasteiger charge is -2.33. The summed E-state index contributed by atoms with van der Waals surface area (Å²) in [4.78, 5) is 13.5. The molecular weight excluding hydrogens is 180 g/mol. The van der Waals surface area contributed by atoms with Gasteiger partial charge in [0.15, 0.2) is 0 Å². The summed E-state index contributed by atoms with van der Waals surface area (Å²) < 4.78 is 0. The maximum atomic E-state index is 11.5. The average molecular weight is 198 g/mol. The van der Waals surface area contributed by atoms with Crippen LogP contribution in [0.15, 0.2) is 11.3 Å². The summed E-state index contributed by atoms with van der Waals surface area (Å²) in [6.07, 6.45) is 0.952. The van der Waals surface area contributed by atoms with E-state index in [1.54, 1.807) is 0 Å². The van der Waals surface area contributed by atoms with Gasteiger partial charge in [-0.1, -0.05) is 0 Å². The Kier molecular flexibility index (Phi) is 3.49. The molecule has 0 saturated heterocycles. The number of carbonyl (C=O) groups is 1. The Labute approximate surface area is 84.3 Å². The fraction of sp³-hybridized carbons (Fsp3) is 0.667. The van der Waals surface area contributed by atoms with Gasteiger partial charge in [0, 0.05) is 19.3 Å². The first-order valence-electron chi connectivity index (χ1n) is 4.70. The van der Waals surface area contributed by atoms with Crippen LogP contribution in [0.2, 0.25) is 0 Å². The molecule has 1 rings (SSSR count). The molecule has 0 saturated carbocycles. The lowest BCUT2D eigenvalue weighted by molar-refractivity contribution is -0.125. The summed E-state index contributed by atoms with van der Waals surface area (Å²) in [5.74, 6) is 4.99. The molecule has 0 spiro atoms. The van der Waals surface area contributed by atoms with Crippen LogP contribution in [-0.2, 0) is 4.79 Å². The van der Waals surface area contributed by atoms with E-state index in [1.165, 1.54) is 0 Å². The summed E-state index contributed by atoms with van der Waals surface area (Å²) in [6.45, 7) is 2.83. The van der Waals surface area contributed by atoms with Crippen LogP contribution in [-0.4, -0.2) is 37.5 Å². The molecule has 1 aliphatic heterocycles. The van der Waals surface area contributed by atoms with E-state index in [-0.39, 0.29) is 11.9 Å². The van der Waals surface area contributed by atoms with Gasteiger partial charge in [-0.15, -0.1) is 0 Å². The first-order valence-corrected chi connectivity index (χ1v) is 4.70. The van der Waals surface area contributed by atoms with Crippen molar-refractivity contribution in [2.24, 2.45) is 5.84 Å². The molecule has 0 aromatic rings. The Morgan fingerprint density at radius 3 is 2.79 bits per heavy atom.